The summed E-state index contributed by atoms with van der Waals surface area (Å²) in [6, 6.07) is 7.63. The summed E-state index contributed by atoms with van der Waals surface area (Å²) in [5.41, 5.74) is 6.42. The molecule has 0 aromatic heterocycles. The Bertz CT molecular complexity index is 461. The van der Waals surface area contributed by atoms with Crippen LogP contribution in [0.25, 0.3) is 0 Å². The Hall–Kier alpha value is -0.690. The van der Waals surface area contributed by atoms with Crippen LogP contribution in [0.4, 0.5) is 0 Å². The average molecular weight is 374 g/mol. The zero-order chi connectivity index (χ0) is 13.1. The van der Waals surface area contributed by atoms with Crippen molar-refractivity contribution in [3.05, 3.63) is 33.4 Å². The van der Waals surface area contributed by atoms with Crippen LogP contribution in [-0.4, -0.2) is 28.9 Å². The molecule has 1 heterocycles. The molecule has 1 unspecified atom stereocenters. The molecule has 1 aromatic carbocycles. The third-order valence-corrected chi connectivity index (χ3v) is 4.25. The first-order valence-corrected chi connectivity index (χ1v) is 7.41. The van der Waals surface area contributed by atoms with Gasteiger partial charge in [0.05, 0.1) is 4.99 Å². The number of nitrogens with zero attached hydrogens (tertiary/aromatic N) is 1. The van der Waals surface area contributed by atoms with E-state index in [4.69, 9.17) is 18.0 Å². The minimum atomic E-state index is 0.0763. The molecule has 0 bridgehead atoms. The minimum absolute atomic E-state index is 0.0763. The second-order valence-corrected chi connectivity index (χ2v) is 6.22. The van der Waals surface area contributed by atoms with Gasteiger partial charge in [-0.15, -0.1) is 0 Å². The average Bonchev–Trinajstić information content (AvgIpc) is 2.39. The quantitative estimate of drug-likeness (QED) is 0.639. The highest BCUT2D eigenvalue weighted by atomic mass is 127. The number of piperidine rings is 1. The number of nitrogens with two attached hydrogens (primary N) is 1. The Labute approximate surface area is 126 Å². The van der Waals surface area contributed by atoms with E-state index in [2.05, 4.69) is 22.6 Å². The van der Waals surface area contributed by atoms with Crippen LogP contribution < -0.4 is 5.73 Å². The molecule has 1 amide bonds. The Morgan fingerprint density at radius 1 is 1.39 bits per heavy atom. The van der Waals surface area contributed by atoms with E-state index in [-0.39, 0.29) is 11.8 Å². The predicted octanol–water partition coefficient (Wildman–Crippen LogP) is 2.43. The number of benzene rings is 1. The molecule has 18 heavy (non-hydrogen) atoms. The Morgan fingerprint density at radius 2 is 2.06 bits per heavy atom. The molecule has 96 valence electrons. The number of carbonyl (C=O) groups excluding carboxylic acids is 1. The van der Waals surface area contributed by atoms with Crippen LogP contribution >= 0.6 is 34.8 Å². The second kappa shape index (κ2) is 5.97. The maximum absolute atomic E-state index is 12.3. The molecule has 0 saturated carbocycles. The van der Waals surface area contributed by atoms with E-state index in [9.17, 15) is 4.79 Å². The molecule has 1 saturated heterocycles. The smallest absolute Gasteiger partial charge is 0.253 e. The SMILES string of the molecule is NC(=S)C1CCCN(C(=O)c2ccc(I)cc2)C1. The van der Waals surface area contributed by atoms with Crippen molar-refractivity contribution in [3.63, 3.8) is 0 Å². The second-order valence-electron chi connectivity index (χ2n) is 4.50. The normalized spacial score (nSPS) is 19.6. The summed E-state index contributed by atoms with van der Waals surface area (Å²) in [5.74, 6) is 0.244. The first kappa shape index (κ1) is 13.7. The van der Waals surface area contributed by atoms with Crippen molar-refractivity contribution in [1.29, 1.82) is 0 Å². The Morgan fingerprint density at radius 3 is 2.67 bits per heavy atom. The molecule has 3 nitrogen and oxygen atoms in total. The standard InChI is InChI=1S/C13H15IN2OS/c14-11-5-3-9(4-6-11)13(17)16-7-1-2-10(8-16)12(15)18/h3-6,10H,1-2,7-8H2,(H2,15,18). The van der Waals surface area contributed by atoms with Crippen molar-refractivity contribution in [1.82, 2.24) is 4.90 Å². The summed E-state index contributed by atoms with van der Waals surface area (Å²) in [5, 5.41) is 0. The van der Waals surface area contributed by atoms with Crippen LogP contribution in [0.1, 0.15) is 23.2 Å². The van der Waals surface area contributed by atoms with Gasteiger partial charge < -0.3 is 10.6 Å². The summed E-state index contributed by atoms with van der Waals surface area (Å²) in [4.78, 5) is 14.7. The van der Waals surface area contributed by atoms with Crippen molar-refractivity contribution in [2.24, 2.45) is 11.7 Å². The number of likely N-dealkylation sites (tertiary alicyclic amines) is 1. The fraction of sp³-hybridized carbons (Fsp3) is 0.385. The molecular formula is C13H15IN2OS. The molecule has 0 radical (unpaired) electrons. The zero-order valence-electron chi connectivity index (χ0n) is 9.93. The van der Waals surface area contributed by atoms with E-state index in [0.717, 1.165) is 28.5 Å². The van der Waals surface area contributed by atoms with Crippen LogP contribution in [0, 0.1) is 9.49 Å². The molecule has 1 atom stereocenters. The molecule has 1 fully saturated rings. The van der Waals surface area contributed by atoms with Crippen molar-refractivity contribution >= 4 is 45.7 Å². The monoisotopic (exact) mass is 374 g/mol. The topological polar surface area (TPSA) is 46.3 Å². The van der Waals surface area contributed by atoms with Gasteiger partial charge in [0.25, 0.3) is 5.91 Å². The van der Waals surface area contributed by atoms with Gasteiger partial charge in [0.1, 0.15) is 0 Å². The van der Waals surface area contributed by atoms with Gasteiger partial charge >= 0.3 is 0 Å². The molecule has 1 aromatic rings. The number of hydrogen-bond acceptors (Lipinski definition) is 2. The highest BCUT2D eigenvalue weighted by Crippen LogP contribution is 2.19. The number of halogens is 1. The maximum Gasteiger partial charge on any atom is 0.253 e. The Balaban J connectivity index is 2.09. The van der Waals surface area contributed by atoms with Crippen LogP contribution in [0.5, 0.6) is 0 Å². The molecule has 1 aliphatic heterocycles. The number of amides is 1. The van der Waals surface area contributed by atoms with Crippen LogP contribution in [-0.2, 0) is 0 Å². The fourth-order valence-corrected chi connectivity index (χ4v) is 2.72. The van der Waals surface area contributed by atoms with E-state index in [0.29, 0.717) is 11.5 Å². The number of hydrogen-bond donors (Lipinski definition) is 1. The van der Waals surface area contributed by atoms with Crippen LogP contribution in [0.15, 0.2) is 24.3 Å². The van der Waals surface area contributed by atoms with Gasteiger partial charge in [0, 0.05) is 28.1 Å². The van der Waals surface area contributed by atoms with Crippen molar-refractivity contribution in [2.75, 3.05) is 13.1 Å². The molecule has 5 heteroatoms. The van der Waals surface area contributed by atoms with Gasteiger partial charge in [0.2, 0.25) is 0 Å². The van der Waals surface area contributed by atoms with Gasteiger partial charge in [-0.25, -0.2) is 0 Å². The highest BCUT2D eigenvalue weighted by Gasteiger charge is 2.25. The van der Waals surface area contributed by atoms with E-state index < -0.39 is 0 Å². The summed E-state index contributed by atoms with van der Waals surface area (Å²) >= 11 is 7.26. The lowest BCUT2D eigenvalue weighted by molar-refractivity contribution is 0.0703. The predicted molar refractivity (Wildman–Crippen MR) is 84.6 cm³/mol. The third-order valence-electron chi connectivity index (χ3n) is 3.20. The fourth-order valence-electron chi connectivity index (χ4n) is 2.17. The summed E-state index contributed by atoms with van der Waals surface area (Å²) in [6.45, 7) is 1.45. The van der Waals surface area contributed by atoms with E-state index >= 15 is 0 Å². The lowest BCUT2D eigenvalue weighted by atomic mass is 9.97. The van der Waals surface area contributed by atoms with Gasteiger partial charge in [-0.3, -0.25) is 4.79 Å². The molecule has 1 aliphatic rings. The number of rotatable bonds is 2. The van der Waals surface area contributed by atoms with Gasteiger partial charge in [-0.2, -0.15) is 0 Å². The minimum Gasteiger partial charge on any atom is -0.393 e. The van der Waals surface area contributed by atoms with E-state index in [1.165, 1.54) is 0 Å². The van der Waals surface area contributed by atoms with Gasteiger partial charge in [-0.05, 0) is 59.7 Å². The lowest BCUT2D eigenvalue weighted by Gasteiger charge is -2.32. The number of carbonyl (C=O) groups is 1. The van der Waals surface area contributed by atoms with Gasteiger partial charge in [-0.1, -0.05) is 12.2 Å². The zero-order valence-corrected chi connectivity index (χ0v) is 12.9. The van der Waals surface area contributed by atoms with E-state index in [1.807, 2.05) is 29.2 Å². The first-order chi connectivity index (χ1) is 8.58. The van der Waals surface area contributed by atoms with Gasteiger partial charge in [0.15, 0.2) is 0 Å². The maximum atomic E-state index is 12.3. The van der Waals surface area contributed by atoms with Crippen molar-refractivity contribution in [3.8, 4) is 0 Å². The van der Waals surface area contributed by atoms with Crippen molar-refractivity contribution in [2.45, 2.75) is 12.8 Å². The summed E-state index contributed by atoms with van der Waals surface area (Å²) in [7, 11) is 0. The molecule has 0 spiro atoms. The first-order valence-electron chi connectivity index (χ1n) is 5.92. The Kier molecular flexibility index (Phi) is 4.55. The third kappa shape index (κ3) is 3.20. The summed E-state index contributed by atoms with van der Waals surface area (Å²) in [6.07, 6.45) is 1.96. The van der Waals surface area contributed by atoms with Crippen molar-refractivity contribution < 1.29 is 4.79 Å². The molecule has 2 rings (SSSR count). The highest BCUT2D eigenvalue weighted by molar-refractivity contribution is 14.1. The largest absolute Gasteiger partial charge is 0.393 e. The molecule has 2 N–H and O–H groups in total. The van der Waals surface area contributed by atoms with Crippen LogP contribution in [0.3, 0.4) is 0 Å². The van der Waals surface area contributed by atoms with E-state index in [1.54, 1.807) is 0 Å². The lowest BCUT2D eigenvalue weighted by Crippen LogP contribution is -2.43. The molecular weight excluding hydrogens is 359 g/mol. The molecule has 0 aliphatic carbocycles. The number of thiocarbonyl (C=S) groups is 1. The van der Waals surface area contributed by atoms with Crippen LogP contribution in [0.2, 0.25) is 0 Å². The summed E-state index contributed by atoms with van der Waals surface area (Å²) < 4.78 is 1.13.